The number of hydrogen-bond acceptors (Lipinski definition) is 6. The van der Waals surface area contributed by atoms with Gasteiger partial charge in [-0.15, -0.1) is 5.10 Å². The Bertz CT molecular complexity index is 1350. The number of nitrogens with zero attached hydrogens (tertiary/aromatic N) is 6. The summed E-state index contributed by atoms with van der Waals surface area (Å²) in [6.45, 7) is 5.38. The molecule has 1 aliphatic rings. The van der Waals surface area contributed by atoms with Crippen LogP contribution in [0.25, 0.3) is 17.2 Å². The second kappa shape index (κ2) is 8.15. The van der Waals surface area contributed by atoms with E-state index in [0.29, 0.717) is 24.1 Å². The summed E-state index contributed by atoms with van der Waals surface area (Å²) >= 11 is 0. The quantitative estimate of drug-likeness (QED) is 0.449. The number of alkyl halides is 3. The van der Waals surface area contributed by atoms with Gasteiger partial charge in [0.2, 0.25) is 5.82 Å². The second-order valence-electron chi connectivity index (χ2n) is 8.28. The fraction of sp³-hybridized carbons (Fsp3) is 0.304. The number of hydrogen-bond donors (Lipinski definition) is 0. The molecule has 1 fully saturated rings. The minimum absolute atomic E-state index is 0.00551. The maximum absolute atomic E-state index is 13.7. The van der Waals surface area contributed by atoms with Crippen molar-refractivity contribution in [3.8, 4) is 11.5 Å². The molecule has 1 aromatic carbocycles. The SMILES string of the molecule is Cc1cccc(N2CCN(C(=O)c3nc4nc(-c5ccco5)cc(C(F)(F)F)n4n3)CC2C)c1. The van der Waals surface area contributed by atoms with Gasteiger partial charge in [0.1, 0.15) is 5.69 Å². The molecule has 176 valence electrons. The predicted octanol–water partition coefficient (Wildman–Crippen LogP) is 4.06. The van der Waals surface area contributed by atoms with E-state index in [9.17, 15) is 18.0 Å². The first-order chi connectivity index (χ1) is 16.2. The molecular weight excluding hydrogens is 449 g/mol. The van der Waals surface area contributed by atoms with Gasteiger partial charge < -0.3 is 14.2 Å². The van der Waals surface area contributed by atoms with Crippen molar-refractivity contribution in [2.24, 2.45) is 0 Å². The number of aromatic nitrogens is 4. The van der Waals surface area contributed by atoms with Crippen LogP contribution in [-0.4, -0.2) is 56.1 Å². The lowest BCUT2D eigenvalue weighted by molar-refractivity contribution is -0.142. The van der Waals surface area contributed by atoms with E-state index in [4.69, 9.17) is 4.42 Å². The van der Waals surface area contributed by atoms with E-state index in [-0.39, 0.29) is 29.1 Å². The molecule has 0 saturated carbocycles. The number of piperazine rings is 1. The molecule has 0 radical (unpaired) electrons. The predicted molar refractivity (Wildman–Crippen MR) is 117 cm³/mol. The van der Waals surface area contributed by atoms with Gasteiger partial charge in [-0.2, -0.15) is 22.7 Å². The van der Waals surface area contributed by atoms with Crippen molar-refractivity contribution in [1.29, 1.82) is 0 Å². The first kappa shape index (κ1) is 21.9. The average Bonchev–Trinajstić information content (AvgIpc) is 3.47. The van der Waals surface area contributed by atoms with Crippen LogP contribution in [0.4, 0.5) is 18.9 Å². The fourth-order valence-corrected chi connectivity index (χ4v) is 4.19. The van der Waals surface area contributed by atoms with Crippen LogP contribution in [-0.2, 0) is 6.18 Å². The van der Waals surface area contributed by atoms with Crippen LogP contribution in [0.15, 0.2) is 53.1 Å². The highest BCUT2D eigenvalue weighted by Crippen LogP contribution is 2.32. The Balaban J connectivity index is 1.44. The lowest BCUT2D eigenvalue weighted by atomic mass is 10.1. The lowest BCUT2D eigenvalue weighted by Crippen LogP contribution is -2.54. The summed E-state index contributed by atoms with van der Waals surface area (Å²) in [7, 11) is 0. The zero-order valence-corrected chi connectivity index (χ0v) is 18.5. The number of furan rings is 1. The zero-order valence-electron chi connectivity index (χ0n) is 18.5. The van der Waals surface area contributed by atoms with Crippen molar-refractivity contribution < 1.29 is 22.4 Å². The summed E-state index contributed by atoms with van der Waals surface area (Å²) in [5.74, 6) is -1.03. The first-order valence-corrected chi connectivity index (χ1v) is 10.7. The molecule has 5 rings (SSSR count). The molecule has 1 aliphatic heterocycles. The summed E-state index contributed by atoms with van der Waals surface area (Å²) in [6, 6.07) is 12.0. The van der Waals surface area contributed by atoms with Gasteiger partial charge in [-0.25, -0.2) is 4.98 Å². The molecule has 4 aromatic rings. The molecule has 0 spiro atoms. The minimum Gasteiger partial charge on any atom is -0.463 e. The largest absolute Gasteiger partial charge is 0.463 e. The number of carbonyl (C=O) groups excluding carboxylic acids is 1. The van der Waals surface area contributed by atoms with Crippen LogP contribution in [0, 0.1) is 6.92 Å². The third-order valence-corrected chi connectivity index (χ3v) is 5.82. The highest BCUT2D eigenvalue weighted by molar-refractivity contribution is 5.91. The molecular formula is C23H21F3N6O2. The van der Waals surface area contributed by atoms with Crippen LogP contribution in [0.3, 0.4) is 0 Å². The van der Waals surface area contributed by atoms with Crippen molar-refractivity contribution in [3.05, 3.63) is 65.8 Å². The van der Waals surface area contributed by atoms with Crippen molar-refractivity contribution in [1.82, 2.24) is 24.5 Å². The smallest absolute Gasteiger partial charge is 0.433 e. The Labute approximate surface area is 192 Å². The summed E-state index contributed by atoms with van der Waals surface area (Å²) < 4.78 is 47.0. The molecule has 3 aromatic heterocycles. The maximum atomic E-state index is 13.7. The number of benzene rings is 1. The summed E-state index contributed by atoms with van der Waals surface area (Å²) in [4.78, 5) is 25.1. The topological polar surface area (TPSA) is 79.8 Å². The van der Waals surface area contributed by atoms with Gasteiger partial charge in [-0.1, -0.05) is 12.1 Å². The van der Waals surface area contributed by atoms with Gasteiger partial charge in [-0.3, -0.25) is 4.79 Å². The van der Waals surface area contributed by atoms with Gasteiger partial charge in [0, 0.05) is 31.4 Å². The summed E-state index contributed by atoms with van der Waals surface area (Å²) in [6.07, 6.45) is -3.39. The van der Waals surface area contributed by atoms with E-state index in [1.54, 1.807) is 11.0 Å². The molecule has 0 bridgehead atoms. The summed E-state index contributed by atoms with van der Waals surface area (Å²) in [5.41, 5.74) is 1.07. The van der Waals surface area contributed by atoms with Gasteiger partial charge >= 0.3 is 6.18 Å². The molecule has 1 unspecified atom stereocenters. The van der Waals surface area contributed by atoms with Crippen LogP contribution in [0.5, 0.6) is 0 Å². The van der Waals surface area contributed by atoms with Crippen molar-refractivity contribution in [3.63, 3.8) is 0 Å². The Morgan fingerprint density at radius 2 is 1.94 bits per heavy atom. The minimum atomic E-state index is -4.73. The molecule has 0 N–H and O–H groups in total. The van der Waals surface area contributed by atoms with Gasteiger partial charge in [0.25, 0.3) is 11.7 Å². The van der Waals surface area contributed by atoms with E-state index < -0.39 is 17.8 Å². The number of amides is 1. The van der Waals surface area contributed by atoms with Crippen molar-refractivity contribution in [2.45, 2.75) is 26.1 Å². The Morgan fingerprint density at radius 1 is 1.12 bits per heavy atom. The second-order valence-corrected chi connectivity index (χ2v) is 8.28. The van der Waals surface area contributed by atoms with E-state index in [0.717, 1.165) is 17.3 Å². The molecule has 1 atom stereocenters. The highest BCUT2D eigenvalue weighted by Gasteiger charge is 2.37. The highest BCUT2D eigenvalue weighted by atomic mass is 19.4. The Hall–Kier alpha value is -3.89. The number of halogens is 3. The fourth-order valence-electron chi connectivity index (χ4n) is 4.19. The van der Waals surface area contributed by atoms with Crippen LogP contribution in [0.1, 0.15) is 28.8 Å². The van der Waals surface area contributed by atoms with Gasteiger partial charge in [0.15, 0.2) is 11.5 Å². The monoisotopic (exact) mass is 470 g/mol. The lowest BCUT2D eigenvalue weighted by Gasteiger charge is -2.41. The number of anilines is 1. The molecule has 11 heteroatoms. The van der Waals surface area contributed by atoms with Crippen LogP contribution < -0.4 is 4.90 Å². The van der Waals surface area contributed by atoms with E-state index >= 15 is 0 Å². The molecule has 4 heterocycles. The molecule has 1 saturated heterocycles. The van der Waals surface area contributed by atoms with E-state index in [1.165, 1.54) is 12.3 Å². The average molecular weight is 470 g/mol. The van der Waals surface area contributed by atoms with Crippen molar-refractivity contribution >= 4 is 17.4 Å². The third kappa shape index (κ3) is 3.97. The summed E-state index contributed by atoms with van der Waals surface area (Å²) in [5, 5.41) is 3.88. The van der Waals surface area contributed by atoms with E-state index in [1.807, 2.05) is 32.0 Å². The molecule has 34 heavy (non-hydrogen) atoms. The standard InChI is InChI=1S/C23H21F3N6O2/c1-14-5-3-6-16(11-14)31-9-8-30(13-15(31)2)21(33)20-28-22-27-17(18-7-4-10-34-18)12-19(23(24,25)26)32(22)29-20/h3-7,10-12,15H,8-9,13H2,1-2H3. The van der Waals surface area contributed by atoms with E-state index in [2.05, 4.69) is 26.0 Å². The Kier molecular flexibility index (Phi) is 5.26. The van der Waals surface area contributed by atoms with Gasteiger partial charge in [-0.05, 0) is 49.7 Å². The number of fused-ring (bicyclic) bond motifs is 1. The third-order valence-electron chi connectivity index (χ3n) is 5.82. The molecule has 0 aliphatic carbocycles. The maximum Gasteiger partial charge on any atom is 0.433 e. The Morgan fingerprint density at radius 3 is 2.62 bits per heavy atom. The van der Waals surface area contributed by atoms with Crippen LogP contribution in [0.2, 0.25) is 0 Å². The number of carbonyl (C=O) groups is 1. The zero-order chi connectivity index (χ0) is 24.0. The number of aryl methyl sites for hydroxylation is 1. The number of rotatable bonds is 3. The van der Waals surface area contributed by atoms with Gasteiger partial charge in [0.05, 0.1) is 6.26 Å². The molecule has 1 amide bonds. The normalized spacial score (nSPS) is 16.9. The van der Waals surface area contributed by atoms with Crippen LogP contribution >= 0.6 is 0 Å². The first-order valence-electron chi connectivity index (χ1n) is 10.7. The molecule has 8 nitrogen and oxygen atoms in total. The van der Waals surface area contributed by atoms with Crippen molar-refractivity contribution in [2.75, 3.05) is 24.5 Å².